The zero-order chi connectivity index (χ0) is 23.3. The summed E-state index contributed by atoms with van der Waals surface area (Å²) in [5.74, 6) is -1.21. The fourth-order valence-corrected chi connectivity index (χ4v) is 4.08. The Morgan fingerprint density at radius 3 is 2.34 bits per heavy atom. The van der Waals surface area contributed by atoms with Crippen LogP contribution < -0.4 is 14.4 Å². The van der Waals surface area contributed by atoms with Gasteiger partial charge in [0.2, 0.25) is 12.0 Å². The SMILES string of the molecule is CC(=O)Nc1ccc(S(=O)(=O)N(C)c2ccc(OCC(=O)OC3CCOC3=O)cc2)cc1. The molecule has 0 spiro atoms. The monoisotopic (exact) mass is 462 g/mol. The van der Waals surface area contributed by atoms with Crippen molar-refractivity contribution in [2.24, 2.45) is 0 Å². The Balaban J connectivity index is 1.60. The minimum Gasteiger partial charge on any atom is -0.482 e. The maximum atomic E-state index is 12.9. The van der Waals surface area contributed by atoms with Crippen LogP contribution in [0.1, 0.15) is 13.3 Å². The number of hydrogen-bond acceptors (Lipinski definition) is 8. The van der Waals surface area contributed by atoms with Crippen molar-refractivity contribution in [1.29, 1.82) is 0 Å². The quantitative estimate of drug-likeness (QED) is 0.587. The van der Waals surface area contributed by atoms with Crippen LogP contribution in [0.25, 0.3) is 0 Å². The molecule has 0 bridgehead atoms. The van der Waals surface area contributed by atoms with E-state index in [1.165, 1.54) is 62.5 Å². The van der Waals surface area contributed by atoms with Gasteiger partial charge < -0.3 is 19.5 Å². The van der Waals surface area contributed by atoms with E-state index in [-0.39, 0.29) is 17.4 Å². The lowest BCUT2D eigenvalue weighted by Crippen LogP contribution is -2.26. The third-order valence-corrected chi connectivity index (χ3v) is 6.35. The number of hydrogen-bond donors (Lipinski definition) is 1. The Morgan fingerprint density at radius 2 is 1.78 bits per heavy atom. The lowest BCUT2D eigenvalue weighted by Gasteiger charge is -2.20. The van der Waals surface area contributed by atoms with Crippen LogP contribution in [0.15, 0.2) is 53.4 Å². The van der Waals surface area contributed by atoms with E-state index in [1.807, 2.05) is 0 Å². The van der Waals surface area contributed by atoms with Crippen LogP contribution in [0.5, 0.6) is 5.75 Å². The number of anilines is 2. The van der Waals surface area contributed by atoms with E-state index in [1.54, 1.807) is 0 Å². The molecule has 1 atom stereocenters. The highest BCUT2D eigenvalue weighted by atomic mass is 32.2. The first kappa shape index (κ1) is 23.1. The van der Waals surface area contributed by atoms with Crippen LogP contribution >= 0.6 is 0 Å². The summed E-state index contributed by atoms with van der Waals surface area (Å²) in [4.78, 5) is 34.3. The molecule has 0 aliphatic carbocycles. The molecule has 1 aliphatic heterocycles. The molecular formula is C21H22N2O8S. The molecule has 1 unspecified atom stereocenters. The molecule has 0 saturated carbocycles. The molecule has 1 N–H and O–H groups in total. The topological polar surface area (TPSA) is 128 Å². The second-order valence-electron chi connectivity index (χ2n) is 6.90. The van der Waals surface area contributed by atoms with Crippen LogP contribution in [0, 0.1) is 0 Å². The minimum absolute atomic E-state index is 0.0580. The predicted octanol–water partition coefficient (Wildman–Crippen LogP) is 1.71. The van der Waals surface area contributed by atoms with Crippen molar-refractivity contribution >= 4 is 39.2 Å². The average Bonchev–Trinajstić information content (AvgIpc) is 3.16. The van der Waals surface area contributed by atoms with Gasteiger partial charge in [0, 0.05) is 26.1 Å². The number of nitrogens with zero attached hydrogens (tertiary/aromatic N) is 1. The van der Waals surface area contributed by atoms with Gasteiger partial charge in [-0.3, -0.25) is 9.10 Å². The molecule has 1 amide bonds. The van der Waals surface area contributed by atoms with Crippen LogP contribution in [0.3, 0.4) is 0 Å². The third-order valence-electron chi connectivity index (χ3n) is 4.55. The number of benzene rings is 2. The van der Waals surface area contributed by atoms with E-state index in [0.29, 0.717) is 23.5 Å². The molecule has 170 valence electrons. The highest BCUT2D eigenvalue weighted by Crippen LogP contribution is 2.25. The van der Waals surface area contributed by atoms with Gasteiger partial charge in [0.15, 0.2) is 6.61 Å². The predicted molar refractivity (Wildman–Crippen MR) is 114 cm³/mol. The Hall–Kier alpha value is -3.60. The smallest absolute Gasteiger partial charge is 0.347 e. The summed E-state index contributed by atoms with van der Waals surface area (Å²) in [6, 6.07) is 11.9. The van der Waals surface area contributed by atoms with Crippen molar-refractivity contribution < 1.29 is 37.0 Å². The van der Waals surface area contributed by atoms with Crippen molar-refractivity contribution in [2.45, 2.75) is 24.3 Å². The van der Waals surface area contributed by atoms with Gasteiger partial charge in [0.1, 0.15) is 5.75 Å². The van der Waals surface area contributed by atoms with E-state index in [0.717, 1.165) is 4.31 Å². The van der Waals surface area contributed by atoms with Crippen LogP contribution in [-0.2, 0) is 33.9 Å². The van der Waals surface area contributed by atoms with Crippen LogP contribution in [0.2, 0.25) is 0 Å². The molecule has 10 nitrogen and oxygen atoms in total. The third kappa shape index (κ3) is 5.55. The van der Waals surface area contributed by atoms with Gasteiger partial charge in [-0.25, -0.2) is 18.0 Å². The number of esters is 2. The van der Waals surface area contributed by atoms with Crippen molar-refractivity contribution in [3.63, 3.8) is 0 Å². The Labute approximate surface area is 185 Å². The number of rotatable bonds is 8. The van der Waals surface area contributed by atoms with E-state index >= 15 is 0 Å². The zero-order valence-electron chi connectivity index (χ0n) is 17.4. The van der Waals surface area contributed by atoms with Crippen molar-refractivity contribution in [1.82, 2.24) is 0 Å². The number of ether oxygens (including phenoxy) is 3. The summed E-state index contributed by atoms with van der Waals surface area (Å²) in [6.45, 7) is 1.17. The van der Waals surface area contributed by atoms with Crippen molar-refractivity contribution in [3.05, 3.63) is 48.5 Å². The zero-order valence-corrected chi connectivity index (χ0v) is 18.3. The first-order valence-electron chi connectivity index (χ1n) is 9.62. The van der Waals surface area contributed by atoms with E-state index < -0.39 is 34.7 Å². The Morgan fingerprint density at radius 1 is 1.12 bits per heavy atom. The largest absolute Gasteiger partial charge is 0.482 e. The summed E-state index contributed by atoms with van der Waals surface area (Å²) in [6.07, 6.45) is -0.588. The average molecular weight is 462 g/mol. The summed E-state index contributed by atoms with van der Waals surface area (Å²) in [5, 5.41) is 2.58. The fraction of sp³-hybridized carbons (Fsp3) is 0.286. The number of carbonyl (C=O) groups excluding carboxylic acids is 3. The van der Waals surface area contributed by atoms with E-state index in [2.05, 4.69) is 5.32 Å². The second kappa shape index (κ2) is 9.69. The molecule has 2 aromatic carbocycles. The minimum atomic E-state index is -3.83. The molecule has 11 heteroatoms. The molecule has 1 heterocycles. The van der Waals surface area contributed by atoms with Crippen LogP contribution in [0.4, 0.5) is 11.4 Å². The Bertz CT molecular complexity index is 1100. The number of carbonyl (C=O) groups is 3. The molecule has 0 aromatic heterocycles. The van der Waals surface area contributed by atoms with Gasteiger partial charge >= 0.3 is 11.9 Å². The summed E-state index contributed by atoms with van der Waals surface area (Å²) >= 11 is 0. The number of amides is 1. The molecule has 1 fully saturated rings. The number of sulfonamides is 1. The molecule has 0 radical (unpaired) electrons. The lowest BCUT2D eigenvalue weighted by molar-refractivity contribution is -0.161. The highest BCUT2D eigenvalue weighted by Gasteiger charge is 2.30. The van der Waals surface area contributed by atoms with Gasteiger partial charge in [0.05, 0.1) is 17.2 Å². The number of nitrogens with one attached hydrogen (secondary N) is 1. The molecule has 1 aliphatic rings. The summed E-state index contributed by atoms with van der Waals surface area (Å²) in [7, 11) is -2.42. The molecule has 32 heavy (non-hydrogen) atoms. The molecular weight excluding hydrogens is 440 g/mol. The van der Waals surface area contributed by atoms with Gasteiger partial charge in [-0.2, -0.15) is 0 Å². The fourth-order valence-electron chi connectivity index (χ4n) is 2.88. The molecule has 3 rings (SSSR count). The van der Waals surface area contributed by atoms with Gasteiger partial charge in [0.25, 0.3) is 10.0 Å². The van der Waals surface area contributed by atoms with Gasteiger partial charge in [-0.05, 0) is 48.5 Å². The first-order valence-corrected chi connectivity index (χ1v) is 11.1. The normalized spacial score (nSPS) is 15.6. The molecule has 2 aromatic rings. The maximum Gasteiger partial charge on any atom is 0.347 e. The Kier molecular flexibility index (Phi) is 6.98. The van der Waals surface area contributed by atoms with Crippen molar-refractivity contribution in [2.75, 3.05) is 29.9 Å². The highest BCUT2D eigenvalue weighted by molar-refractivity contribution is 7.92. The van der Waals surface area contributed by atoms with E-state index in [4.69, 9.17) is 14.2 Å². The maximum absolute atomic E-state index is 12.9. The lowest BCUT2D eigenvalue weighted by atomic mass is 10.3. The summed E-state index contributed by atoms with van der Waals surface area (Å²) in [5.41, 5.74) is 0.864. The second-order valence-corrected chi connectivity index (χ2v) is 8.86. The first-order chi connectivity index (χ1) is 15.2. The molecule has 1 saturated heterocycles. The van der Waals surface area contributed by atoms with Crippen molar-refractivity contribution in [3.8, 4) is 5.75 Å². The number of cyclic esters (lactones) is 1. The standard InChI is InChI=1S/C21H22N2O8S/c1-14(24)22-15-3-9-18(10-4-15)32(27,28)23(2)16-5-7-17(8-6-16)30-13-20(25)31-19-11-12-29-21(19)26/h3-10,19H,11-13H2,1-2H3,(H,22,24). The van der Waals surface area contributed by atoms with Crippen LogP contribution in [-0.4, -0.2) is 52.6 Å². The van der Waals surface area contributed by atoms with Gasteiger partial charge in [-0.15, -0.1) is 0 Å². The summed E-state index contributed by atoms with van der Waals surface area (Å²) < 4.78 is 41.9. The van der Waals surface area contributed by atoms with E-state index in [9.17, 15) is 22.8 Å². The van der Waals surface area contributed by atoms with Gasteiger partial charge in [-0.1, -0.05) is 0 Å².